The first-order chi connectivity index (χ1) is 11.6. The van der Waals surface area contributed by atoms with Crippen LogP contribution in [0.3, 0.4) is 0 Å². The van der Waals surface area contributed by atoms with Gasteiger partial charge in [0.2, 0.25) is 0 Å². The lowest BCUT2D eigenvalue weighted by atomic mass is 9.70. The highest BCUT2D eigenvalue weighted by atomic mass is 16.3. The molecule has 2 bridgehead atoms. The van der Waals surface area contributed by atoms with Crippen LogP contribution in [0.1, 0.15) is 44.7 Å². The van der Waals surface area contributed by atoms with Crippen molar-refractivity contribution >= 4 is 11.9 Å². The zero-order valence-electron chi connectivity index (χ0n) is 16.3. The van der Waals surface area contributed by atoms with E-state index < -0.39 is 0 Å². The molecule has 25 heavy (non-hydrogen) atoms. The lowest BCUT2D eigenvalue weighted by Crippen LogP contribution is -2.40. The second-order valence-corrected chi connectivity index (χ2v) is 9.36. The third-order valence-corrected chi connectivity index (χ3v) is 6.98. The maximum absolute atomic E-state index is 12.9. The Morgan fingerprint density at radius 1 is 1.20 bits per heavy atom. The van der Waals surface area contributed by atoms with Gasteiger partial charge >= 0.3 is 0 Å². The predicted octanol–water partition coefficient (Wildman–Crippen LogP) is 3.66. The van der Waals surface area contributed by atoms with E-state index in [2.05, 4.69) is 65.2 Å². The molecular weight excluding hydrogens is 310 g/mol. The SMILES string of the molecule is CC12CCC(C(=Cc3ccc(C[N+](C)(C)CCO)cc3)C1=O)C2(C)C. The van der Waals surface area contributed by atoms with Crippen molar-refractivity contribution in [3.05, 3.63) is 41.0 Å². The van der Waals surface area contributed by atoms with Gasteiger partial charge in [0.25, 0.3) is 0 Å². The summed E-state index contributed by atoms with van der Waals surface area (Å²) in [7, 11) is 4.26. The van der Waals surface area contributed by atoms with Gasteiger partial charge in [0.05, 0.1) is 20.7 Å². The summed E-state index contributed by atoms with van der Waals surface area (Å²) >= 11 is 0. The van der Waals surface area contributed by atoms with E-state index in [9.17, 15) is 4.79 Å². The van der Waals surface area contributed by atoms with Crippen LogP contribution in [-0.4, -0.2) is 42.6 Å². The summed E-state index contributed by atoms with van der Waals surface area (Å²) in [4.78, 5) is 12.9. The van der Waals surface area contributed by atoms with Gasteiger partial charge in [-0.1, -0.05) is 45.0 Å². The summed E-state index contributed by atoms with van der Waals surface area (Å²) in [5, 5.41) is 9.17. The number of hydrogen-bond acceptors (Lipinski definition) is 2. The molecule has 3 nitrogen and oxygen atoms in total. The third-order valence-electron chi connectivity index (χ3n) is 6.98. The van der Waals surface area contributed by atoms with Crippen molar-refractivity contribution in [2.24, 2.45) is 16.7 Å². The zero-order chi connectivity index (χ0) is 18.5. The molecular formula is C22H32NO2+. The largest absolute Gasteiger partial charge is 0.391 e. The number of carbonyl (C=O) groups is 1. The fourth-order valence-corrected chi connectivity index (χ4v) is 4.84. The Balaban J connectivity index is 1.81. The standard InChI is InChI=1S/C22H32NO2/c1-21(2)19-10-11-22(21,3)20(25)18(19)14-16-6-8-17(9-7-16)15-23(4,5)12-13-24/h6-9,14,19,24H,10-13,15H2,1-5H3/q+1. The van der Waals surface area contributed by atoms with Crippen molar-refractivity contribution < 1.29 is 14.4 Å². The van der Waals surface area contributed by atoms with Gasteiger partial charge in [-0.25, -0.2) is 0 Å². The van der Waals surface area contributed by atoms with Gasteiger partial charge in [0.15, 0.2) is 5.78 Å². The summed E-state index contributed by atoms with van der Waals surface area (Å²) in [6.07, 6.45) is 4.28. The molecule has 2 aliphatic carbocycles. The number of fused-ring (bicyclic) bond motifs is 2. The van der Waals surface area contributed by atoms with E-state index in [4.69, 9.17) is 5.11 Å². The molecule has 2 aliphatic rings. The highest BCUT2D eigenvalue weighted by molar-refractivity contribution is 6.07. The van der Waals surface area contributed by atoms with Gasteiger partial charge in [0, 0.05) is 11.0 Å². The van der Waals surface area contributed by atoms with Crippen LogP contribution in [0.15, 0.2) is 29.8 Å². The Morgan fingerprint density at radius 2 is 1.84 bits per heavy atom. The smallest absolute Gasteiger partial charge is 0.165 e. The van der Waals surface area contributed by atoms with Gasteiger partial charge in [-0.3, -0.25) is 4.79 Å². The molecule has 2 fully saturated rings. The van der Waals surface area contributed by atoms with Gasteiger partial charge in [-0.15, -0.1) is 0 Å². The molecule has 1 aromatic rings. The summed E-state index contributed by atoms with van der Waals surface area (Å²) in [6, 6.07) is 8.54. The lowest BCUT2D eigenvalue weighted by Gasteiger charge is -2.31. The second-order valence-electron chi connectivity index (χ2n) is 9.36. The molecule has 0 amide bonds. The van der Waals surface area contributed by atoms with E-state index in [0.29, 0.717) is 11.7 Å². The molecule has 0 radical (unpaired) electrons. The van der Waals surface area contributed by atoms with Crippen LogP contribution in [-0.2, 0) is 11.3 Å². The number of hydrogen-bond donors (Lipinski definition) is 1. The van der Waals surface area contributed by atoms with Crippen LogP contribution in [0.2, 0.25) is 0 Å². The van der Waals surface area contributed by atoms with Gasteiger partial charge < -0.3 is 9.59 Å². The summed E-state index contributed by atoms with van der Waals surface area (Å²) in [5.41, 5.74) is 3.29. The first kappa shape index (κ1) is 18.3. The van der Waals surface area contributed by atoms with E-state index in [1.807, 2.05) is 0 Å². The molecule has 0 spiro atoms. The minimum atomic E-state index is -0.185. The van der Waals surface area contributed by atoms with E-state index in [-0.39, 0.29) is 17.4 Å². The first-order valence-corrected chi connectivity index (χ1v) is 9.39. The van der Waals surface area contributed by atoms with Crippen LogP contribution in [0.25, 0.3) is 6.08 Å². The number of Topliss-reactive ketones (excluding diaryl/α,β-unsaturated/α-hetero) is 1. The Morgan fingerprint density at radius 3 is 2.36 bits per heavy atom. The van der Waals surface area contributed by atoms with E-state index in [0.717, 1.165) is 41.6 Å². The molecule has 0 aliphatic heterocycles. The highest BCUT2D eigenvalue weighted by Gasteiger charge is 2.63. The van der Waals surface area contributed by atoms with Crippen molar-refractivity contribution in [3.63, 3.8) is 0 Å². The molecule has 1 N–H and O–H groups in total. The van der Waals surface area contributed by atoms with Crippen molar-refractivity contribution in [3.8, 4) is 0 Å². The third kappa shape index (κ3) is 2.98. The van der Waals surface area contributed by atoms with Gasteiger partial charge in [-0.2, -0.15) is 0 Å². The number of ketones is 1. The Hall–Kier alpha value is -1.45. The Bertz CT molecular complexity index is 699. The van der Waals surface area contributed by atoms with Crippen molar-refractivity contribution in [2.75, 3.05) is 27.2 Å². The minimum Gasteiger partial charge on any atom is -0.391 e. The van der Waals surface area contributed by atoms with E-state index in [1.54, 1.807) is 0 Å². The monoisotopic (exact) mass is 342 g/mol. The van der Waals surface area contributed by atoms with E-state index >= 15 is 0 Å². The number of aliphatic hydroxyl groups is 1. The molecule has 1 aromatic carbocycles. The molecule has 3 rings (SSSR count). The number of likely N-dealkylation sites (N-methyl/N-ethyl adjacent to an activating group) is 1. The van der Waals surface area contributed by atoms with Gasteiger partial charge in [-0.05, 0) is 41.4 Å². The molecule has 3 heteroatoms. The van der Waals surface area contributed by atoms with Crippen molar-refractivity contribution in [2.45, 2.75) is 40.2 Å². The lowest BCUT2D eigenvalue weighted by molar-refractivity contribution is -0.903. The number of benzene rings is 1. The zero-order valence-corrected chi connectivity index (χ0v) is 16.3. The van der Waals surface area contributed by atoms with Crippen LogP contribution < -0.4 is 0 Å². The number of aliphatic hydroxyl groups excluding tert-OH is 1. The van der Waals surface area contributed by atoms with Crippen molar-refractivity contribution in [1.29, 1.82) is 0 Å². The fraction of sp³-hybridized carbons (Fsp3) is 0.591. The van der Waals surface area contributed by atoms with Crippen LogP contribution in [0, 0.1) is 16.7 Å². The molecule has 136 valence electrons. The Labute approximate surface area is 151 Å². The minimum absolute atomic E-state index is 0.0711. The molecule has 2 saturated carbocycles. The molecule has 0 heterocycles. The number of quaternary nitrogens is 1. The summed E-state index contributed by atoms with van der Waals surface area (Å²) in [6.45, 7) is 8.51. The highest BCUT2D eigenvalue weighted by Crippen LogP contribution is 2.65. The average Bonchev–Trinajstić information content (AvgIpc) is 2.83. The second kappa shape index (κ2) is 6.07. The average molecular weight is 343 g/mol. The summed E-state index contributed by atoms with van der Waals surface area (Å²) in [5.74, 6) is 0.753. The van der Waals surface area contributed by atoms with E-state index in [1.165, 1.54) is 5.56 Å². The van der Waals surface area contributed by atoms with Crippen molar-refractivity contribution in [1.82, 2.24) is 0 Å². The van der Waals surface area contributed by atoms with Crippen LogP contribution >= 0.6 is 0 Å². The fourth-order valence-electron chi connectivity index (χ4n) is 4.84. The summed E-state index contributed by atoms with van der Waals surface area (Å²) < 4.78 is 0.768. The molecule has 2 unspecified atom stereocenters. The Kier molecular flexibility index (Phi) is 4.45. The molecule has 0 aromatic heterocycles. The normalized spacial score (nSPS) is 29.6. The maximum Gasteiger partial charge on any atom is 0.165 e. The molecule has 0 saturated heterocycles. The number of carbonyl (C=O) groups excluding carboxylic acids is 1. The number of allylic oxidation sites excluding steroid dienone is 1. The van der Waals surface area contributed by atoms with Crippen LogP contribution in [0.5, 0.6) is 0 Å². The molecule has 2 atom stereocenters. The predicted molar refractivity (Wildman–Crippen MR) is 102 cm³/mol. The topological polar surface area (TPSA) is 37.3 Å². The number of nitrogens with zero attached hydrogens (tertiary/aromatic N) is 1. The van der Waals surface area contributed by atoms with Crippen LogP contribution in [0.4, 0.5) is 0 Å². The maximum atomic E-state index is 12.9. The quantitative estimate of drug-likeness (QED) is 0.655. The van der Waals surface area contributed by atoms with Gasteiger partial charge in [0.1, 0.15) is 13.1 Å². The first-order valence-electron chi connectivity index (χ1n) is 9.39. The number of rotatable bonds is 5.